The normalized spacial score (nSPS) is 10.6. The summed E-state index contributed by atoms with van der Waals surface area (Å²) in [5, 5.41) is 3.79. The average Bonchev–Trinajstić information content (AvgIpc) is 3.16. The van der Waals surface area contributed by atoms with Gasteiger partial charge in [0.25, 0.3) is 5.91 Å². The predicted molar refractivity (Wildman–Crippen MR) is 81.6 cm³/mol. The van der Waals surface area contributed by atoms with E-state index >= 15 is 0 Å². The molecule has 1 amide bonds. The highest BCUT2D eigenvalue weighted by Crippen LogP contribution is 2.24. The molecule has 2 aromatic heterocycles. The van der Waals surface area contributed by atoms with Gasteiger partial charge in [0.15, 0.2) is 0 Å². The summed E-state index contributed by atoms with van der Waals surface area (Å²) in [6.07, 6.45) is 2.98. The molecular weight excluding hydrogens is 280 g/mol. The molecular formula is C17H16N2O3. The molecule has 0 atom stereocenters. The van der Waals surface area contributed by atoms with E-state index in [9.17, 15) is 4.79 Å². The number of para-hydroxylation sites is 1. The molecule has 0 saturated carbocycles. The van der Waals surface area contributed by atoms with Crippen LogP contribution in [0, 0.1) is 13.8 Å². The van der Waals surface area contributed by atoms with Crippen molar-refractivity contribution in [2.75, 3.05) is 4.90 Å². The number of aromatic nitrogens is 1. The minimum atomic E-state index is -0.163. The molecule has 0 aliphatic rings. The van der Waals surface area contributed by atoms with Crippen LogP contribution in [0.15, 0.2) is 57.9 Å². The molecule has 0 fully saturated rings. The number of hydrogen-bond acceptors (Lipinski definition) is 4. The van der Waals surface area contributed by atoms with Crippen molar-refractivity contribution in [2.45, 2.75) is 20.4 Å². The number of hydrogen-bond donors (Lipinski definition) is 0. The van der Waals surface area contributed by atoms with E-state index in [1.54, 1.807) is 24.2 Å². The third-order valence-corrected chi connectivity index (χ3v) is 3.53. The number of amides is 1. The van der Waals surface area contributed by atoms with Gasteiger partial charge < -0.3 is 13.8 Å². The van der Waals surface area contributed by atoms with Crippen LogP contribution in [0.5, 0.6) is 0 Å². The van der Waals surface area contributed by atoms with Gasteiger partial charge >= 0.3 is 0 Å². The van der Waals surface area contributed by atoms with Gasteiger partial charge in [0.2, 0.25) is 0 Å². The van der Waals surface area contributed by atoms with E-state index in [4.69, 9.17) is 8.94 Å². The minimum Gasteiger partial charge on any atom is -0.467 e. The van der Waals surface area contributed by atoms with E-state index in [1.807, 2.05) is 37.3 Å². The second-order valence-corrected chi connectivity index (χ2v) is 5.07. The van der Waals surface area contributed by atoms with Crippen molar-refractivity contribution in [3.8, 4) is 0 Å². The van der Waals surface area contributed by atoms with Gasteiger partial charge in [-0.05, 0) is 37.6 Å². The molecule has 0 aliphatic heterocycles. The highest BCUT2D eigenvalue weighted by molar-refractivity contribution is 6.06. The topological polar surface area (TPSA) is 59.5 Å². The highest BCUT2D eigenvalue weighted by Gasteiger charge is 2.23. The molecule has 3 aromatic rings. The molecule has 112 valence electrons. The maximum absolute atomic E-state index is 12.9. The van der Waals surface area contributed by atoms with E-state index < -0.39 is 0 Å². The van der Waals surface area contributed by atoms with E-state index in [-0.39, 0.29) is 5.91 Å². The van der Waals surface area contributed by atoms with Crippen LogP contribution in [0.25, 0.3) is 0 Å². The van der Waals surface area contributed by atoms with E-state index in [0.717, 1.165) is 11.3 Å². The third-order valence-electron chi connectivity index (χ3n) is 3.53. The number of benzene rings is 1. The fourth-order valence-corrected chi connectivity index (χ4v) is 2.33. The Balaban J connectivity index is 2.01. The Hall–Kier alpha value is -2.82. The molecule has 0 spiro atoms. The molecule has 3 rings (SSSR count). The van der Waals surface area contributed by atoms with E-state index in [1.165, 1.54) is 6.26 Å². The Morgan fingerprint density at radius 1 is 1.18 bits per heavy atom. The van der Waals surface area contributed by atoms with Crippen LogP contribution in [-0.2, 0) is 6.54 Å². The van der Waals surface area contributed by atoms with Crippen LogP contribution in [0.2, 0.25) is 0 Å². The Morgan fingerprint density at radius 3 is 2.64 bits per heavy atom. The average molecular weight is 296 g/mol. The summed E-state index contributed by atoms with van der Waals surface area (Å²) < 4.78 is 10.3. The van der Waals surface area contributed by atoms with Crippen molar-refractivity contribution in [2.24, 2.45) is 0 Å². The van der Waals surface area contributed by atoms with Crippen molar-refractivity contribution in [3.05, 3.63) is 71.5 Å². The number of anilines is 1. The van der Waals surface area contributed by atoms with Crippen molar-refractivity contribution in [3.63, 3.8) is 0 Å². The van der Waals surface area contributed by atoms with Gasteiger partial charge in [0.05, 0.1) is 18.5 Å². The molecule has 0 radical (unpaired) electrons. The Bertz CT molecular complexity index is 775. The van der Waals surface area contributed by atoms with Crippen molar-refractivity contribution in [1.82, 2.24) is 5.16 Å². The number of carbonyl (C=O) groups is 1. The molecule has 0 aliphatic carbocycles. The summed E-state index contributed by atoms with van der Waals surface area (Å²) in [6.45, 7) is 4.07. The van der Waals surface area contributed by atoms with Crippen LogP contribution in [0.3, 0.4) is 0 Å². The summed E-state index contributed by atoms with van der Waals surface area (Å²) in [5.41, 5.74) is 2.87. The minimum absolute atomic E-state index is 0.163. The van der Waals surface area contributed by atoms with E-state index in [2.05, 4.69) is 5.16 Å². The lowest BCUT2D eigenvalue weighted by molar-refractivity contribution is 0.0982. The van der Waals surface area contributed by atoms with Gasteiger partial charge in [0.1, 0.15) is 17.6 Å². The largest absolute Gasteiger partial charge is 0.467 e. The molecule has 2 heterocycles. The Kier molecular flexibility index (Phi) is 3.78. The van der Waals surface area contributed by atoms with Gasteiger partial charge in [-0.1, -0.05) is 23.4 Å². The van der Waals surface area contributed by atoms with Crippen LogP contribution in [0.4, 0.5) is 5.69 Å². The molecule has 0 unspecified atom stereocenters. The fraction of sp³-hybridized carbons (Fsp3) is 0.176. The number of nitrogens with zero attached hydrogens (tertiary/aromatic N) is 2. The summed E-state index contributed by atoms with van der Waals surface area (Å²) in [5.74, 6) is 0.551. The molecule has 0 bridgehead atoms. The lowest BCUT2D eigenvalue weighted by Crippen LogP contribution is -2.31. The van der Waals surface area contributed by atoms with Crippen molar-refractivity contribution < 1.29 is 13.7 Å². The van der Waals surface area contributed by atoms with E-state index in [0.29, 0.717) is 23.6 Å². The van der Waals surface area contributed by atoms with Crippen LogP contribution in [-0.4, -0.2) is 11.1 Å². The third kappa shape index (κ3) is 2.65. The number of rotatable bonds is 4. The molecule has 22 heavy (non-hydrogen) atoms. The fourth-order valence-electron chi connectivity index (χ4n) is 2.33. The second-order valence-electron chi connectivity index (χ2n) is 5.07. The molecule has 1 aromatic carbocycles. The Morgan fingerprint density at radius 2 is 2.00 bits per heavy atom. The summed E-state index contributed by atoms with van der Waals surface area (Å²) in [4.78, 5) is 14.6. The zero-order chi connectivity index (χ0) is 15.5. The lowest BCUT2D eigenvalue weighted by atomic mass is 10.1. The van der Waals surface area contributed by atoms with Gasteiger partial charge in [-0.2, -0.15) is 0 Å². The predicted octanol–water partition coefficient (Wildman–Crippen LogP) is 3.73. The quantitative estimate of drug-likeness (QED) is 0.736. The molecule has 0 N–H and O–H groups in total. The Labute approximate surface area is 128 Å². The molecule has 5 nitrogen and oxygen atoms in total. The smallest absolute Gasteiger partial charge is 0.263 e. The van der Waals surface area contributed by atoms with Crippen molar-refractivity contribution in [1.29, 1.82) is 0 Å². The summed E-state index contributed by atoms with van der Waals surface area (Å²) in [6, 6.07) is 11.4. The maximum Gasteiger partial charge on any atom is 0.263 e. The maximum atomic E-state index is 12.9. The number of furan rings is 1. The van der Waals surface area contributed by atoms with Crippen LogP contribution < -0.4 is 4.90 Å². The van der Waals surface area contributed by atoms with Gasteiger partial charge in [-0.25, -0.2) is 0 Å². The van der Waals surface area contributed by atoms with Gasteiger partial charge in [-0.3, -0.25) is 4.79 Å². The lowest BCUT2D eigenvalue weighted by Gasteiger charge is -2.23. The molecule has 5 heteroatoms. The first-order valence-corrected chi connectivity index (χ1v) is 6.97. The number of carbonyl (C=O) groups excluding carboxylic acids is 1. The second kappa shape index (κ2) is 5.89. The van der Waals surface area contributed by atoms with Crippen LogP contribution >= 0.6 is 0 Å². The highest BCUT2D eigenvalue weighted by atomic mass is 16.5. The zero-order valence-corrected chi connectivity index (χ0v) is 12.4. The monoisotopic (exact) mass is 296 g/mol. The van der Waals surface area contributed by atoms with Crippen LogP contribution in [0.1, 0.15) is 27.4 Å². The standard InChI is InChI=1S/C17H16N2O3/c1-12-6-3-4-8-16(12)19(10-14-7-5-9-21-14)17(20)15-11-22-18-13(15)2/h3-9,11H,10H2,1-2H3. The number of aryl methyl sites for hydroxylation is 2. The summed E-state index contributed by atoms with van der Waals surface area (Å²) in [7, 11) is 0. The molecule has 0 saturated heterocycles. The SMILES string of the molecule is Cc1ccccc1N(Cc1ccco1)C(=O)c1conc1C. The van der Waals surface area contributed by atoms with Gasteiger partial charge in [0, 0.05) is 5.69 Å². The first kappa shape index (κ1) is 14.1. The summed E-state index contributed by atoms with van der Waals surface area (Å²) >= 11 is 0. The van der Waals surface area contributed by atoms with Crippen molar-refractivity contribution >= 4 is 11.6 Å². The first-order valence-electron chi connectivity index (χ1n) is 6.97. The zero-order valence-electron chi connectivity index (χ0n) is 12.4. The first-order chi connectivity index (χ1) is 10.7. The van der Waals surface area contributed by atoms with Gasteiger partial charge in [-0.15, -0.1) is 0 Å².